The number of H-pyrrole nitrogens is 1. The quantitative estimate of drug-likeness (QED) is 0.246. The number of benzene rings is 1. The third kappa shape index (κ3) is 5.76. The number of nitrogens with zero attached hydrogens (tertiary/aromatic N) is 3. The molecule has 1 aliphatic rings. The van der Waals surface area contributed by atoms with Crippen molar-refractivity contribution in [2.24, 2.45) is 15.9 Å². The lowest BCUT2D eigenvalue weighted by atomic mass is 10.1. The zero-order chi connectivity index (χ0) is 23.1. The van der Waals surface area contributed by atoms with Crippen molar-refractivity contribution in [3.63, 3.8) is 0 Å². The van der Waals surface area contributed by atoms with Gasteiger partial charge < -0.3 is 20.9 Å². The number of aromatic nitrogens is 1. The first-order chi connectivity index (χ1) is 15.4. The summed E-state index contributed by atoms with van der Waals surface area (Å²) in [6.07, 6.45) is 8.16. The third-order valence-electron chi connectivity index (χ3n) is 5.44. The number of guanidine groups is 1. The summed E-state index contributed by atoms with van der Waals surface area (Å²) in [4.78, 5) is 18.2. The molecule has 0 bridgehead atoms. The molecule has 1 aromatic heterocycles. The lowest BCUT2D eigenvalue weighted by molar-refractivity contribution is 0.0960. The topological polar surface area (TPSA) is 131 Å². The van der Waals surface area contributed by atoms with Gasteiger partial charge in [-0.25, -0.2) is 5.48 Å². The first kappa shape index (κ1) is 23.1. The molecule has 0 radical (unpaired) electrons. The van der Waals surface area contributed by atoms with Gasteiger partial charge in [0.25, 0.3) is 5.91 Å². The summed E-state index contributed by atoms with van der Waals surface area (Å²) in [6, 6.07) is 7.50. The second-order valence-electron chi connectivity index (χ2n) is 7.85. The average Bonchev–Trinajstić information content (AvgIpc) is 3.24. The summed E-state index contributed by atoms with van der Waals surface area (Å²) in [7, 11) is 2.12. The highest BCUT2D eigenvalue weighted by Crippen LogP contribution is 2.21. The number of carbonyl (C=O) groups excluding carboxylic acids is 1. The number of carbonyl (C=O) groups is 1. The van der Waals surface area contributed by atoms with Gasteiger partial charge >= 0.3 is 0 Å². The van der Waals surface area contributed by atoms with Crippen LogP contribution in [0.25, 0.3) is 10.9 Å². The van der Waals surface area contributed by atoms with Crippen LogP contribution in [0.5, 0.6) is 0 Å². The highest BCUT2D eigenvalue weighted by atomic mass is 16.5. The summed E-state index contributed by atoms with van der Waals surface area (Å²) in [5, 5.41) is 20.2. The van der Waals surface area contributed by atoms with Crippen LogP contribution in [-0.2, 0) is 0 Å². The Hall–Kier alpha value is -3.59. The molecule has 6 N–H and O–H groups in total. The van der Waals surface area contributed by atoms with Crippen molar-refractivity contribution in [1.82, 2.24) is 20.7 Å². The van der Waals surface area contributed by atoms with Crippen molar-refractivity contribution < 1.29 is 10.0 Å². The van der Waals surface area contributed by atoms with E-state index in [1.54, 1.807) is 12.4 Å². The second-order valence-corrected chi connectivity index (χ2v) is 7.85. The molecule has 32 heavy (non-hydrogen) atoms. The molecule has 1 amide bonds. The number of fused-ring (bicyclic) bond motifs is 1. The van der Waals surface area contributed by atoms with Crippen molar-refractivity contribution in [3.05, 3.63) is 59.1 Å². The van der Waals surface area contributed by atoms with Gasteiger partial charge in [-0.1, -0.05) is 19.4 Å². The van der Waals surface area contributed by atoms with Crippen LogP contribution in [0.1, 0.15) is 55.6 Å². The van der Waals surface area contributed by atoms with Crippen molar-refractivity contribution in [3.8, 4) is 0 Å². The summed E-state index contributed by atoms with van der Waals surface area (Å²) < 4.78 is 0. The number of nitrogens with one attached hydrogen (secondary N) is 3. The summed E-state index contributed by atoms with van der Waals surface area (Å²) >= 11 is 0. The van der Waals surface area contributed by atoms with Gasteiger partial charge in [0.2, 0.25) is 5.96 Å². The molecule has 1 aromatic carbocycles. The van der Waals surface area contributed by atoms with Crippen LogP contribution in [0.4, 0.5) is 0 Å². The van der Waals surface area contributed by atoms with Gasteiger partial charge in [-0.05, 0) is 62.1 Å². The Morgan fingerprint density at radius 1 is 1.25 bits per heavy atom. The molecule has 9 heteroatoms. The van der Waals surface area contributed by atoms with E-state index in [1.807, 2.05) is 30.3 Å². The minimum atomic E-state index is -0.197. The Morgan fingerprint density at radius 2 is 2.06 bits per heavy atom. The summed E-state index contributed by atoms with van der Waals surface area (Å²) in [5.74, 6) is -0.361. The maximum Gasteiger partial charge on any atom is 0.271 e. The van der Waals surface area contributed by atoms with Crippen molar-refractivity contribution in [2.45, 2.75) is 39.5 Å². The number of amides is 1. The number of allylic oxidation sites excluding steroid dienone is 4. The minimum absolute atomic E-state index is 0.165. The minimum Gasteiger partial charge on any atom is -0.378 e. The maximum absolute atomic E-state index is 12.8. The molecule has 170 valence electrons. The predicted octanol–water partition coefficient (Wildman–Crippen LogP) is 3.21. The summed E-state index contributed by atoms with van der Waals surface area (Å²) in [5.41, 5.74) is 12.1. The Bertz CT molecular complexity index is 1090. The lowest BCUT2D eigenvalue weighted by Gasteiger charge is -2.25. The Labute approximate surface area is 187 Å². The fourth-order valence-corrected chi connectivity index (χ4v) is 3.49. The highest BCUT2D eigenvalue weighted by Gasteiger charge is 2.15. The number of nitrogens with two attached hydrogens (primary N) is 1. The van der Waals surface area contributed by atoms with E-state index in [4.69, 9.17) is 10.9 Å². The zero-order valence-electron chi connectivity index (χ0n) is 18.8. The summed E-state index contributed by atoms with van der Waals surface area (Å²) in [6.45, 7) is 5.03. The van der Waals surface area contributed by atoms with Crippen molar-refractivity contribution >= 4 is 28.5 Å². The van der Waals surface area contributed by atoms with E-state index in [1.165, 1.54) is 18.5 Å². The zero-order valence-corrected chi connectivity index (χ0v) is 18.8. The molecular formula is C23H31N7O2. The fourth-order valence-electron chi connectivity index (χ4n) is 3.49. The van der Waals surface area contributed by atoms with E-state index in [9.17, 15) is 4.79 Å². The number of hydroxylamine groups is 1. The molecule has 0 saturated heterocycles. The normalized spacial score (nSPS) is 14.8. The van der Waals surface area contributed by atoms with Crippen LogP contribution in [0, 0.1) is 0 Å². The van der Waals surface area contributed by atoms with Crippen LogP contribution in [0.2, 0.25) is 0 Å². The van der Waals surface area contributed by atoms with Crippen LogP contribution in [0.15, 0.2) is 58.0 Å². The van der Waals surface area contributed by atoms with E-state index in [0.29, 0.717) is 11.4 Å². The fraction of sp³-hybridized carbons (Fsp3) is 0.348. The average molecular weight is 438 g/mol. The van der Waals surface area contributed by atoms with Gasteiger partial charge in [0, 0.05) is 35.9 Å². The maximum atomic E-state index is 12.8. The second kappa shape index (κ2) is 10.6. The first-order valence-corrected chi connectivity index (χ1v) is 10.7. The molecule has 2 aromatic rings. The van der Waals surface area contributed by atoms with Gasteiger partial charge in [-0.3, -0.25) is 10.0 Å². The van der Waals surface area contributed by atoms with E-state index >= 15 is 0 Å². The number of aromatic amines is 1. The lowest BCUT2D eigenvalue weighted by Crippen LogP contribution is -2.27. The van der Waals surface area contributed by atoms with Gasteiger partial charge in [-0.2, -0.15) is 5.10 Å². The van der Waals surface area contributed by atoms with Crippen molar-refractivity contribution in [2.75, 3.05) is 13.6 Å². The predicted molar refractivity (Wildman–Crippen MR) is 127 cm³/mol. The van der Waals surface area contributed by atoms with E-state index in [-0.39, 0.29) is 11.9 Å². The largest absolute Gasteiger partial charge is 0.378 e. The molecular weight excluding hydrogens is 406 g/mol. The molecule has 0 fully saturated rings. The number of hydrogen-bond donors (Lipinski definition) is 5. The number of hydrogen-bond acceptors (Lipinski definition) is 5. The Morgan fingerprint density at radius 3 is 2.75 bits per heavy atom. The molecule has 0 atom stereocenters. The van der Waals surface area contributed by atoms with Gasteiger partial charge in [0.05, 0.1) is 5.71 Å². The molecule has 1 aliphatic carbocycles. The monoisotopic (exact) mass is 437 g/mol. The van der Waals surface area contributed by atoms with Crippen LogP contribution in [-0.4, -0.2) is 46.3 Å². The first-order valence-electron chi connectivity index (χ1n) is 10.7. The van der Waals surface area contributed by atoms with E-state index < -0.39 is 0 Å². The molecule has 0 spiro atoms. The molecule has 1 heterocycles. The van der Waals surface area contributed by atoms with Crippen LogP contribution >= 0.6 is 0 Å². The van der Waals surface area contributed by atoms with Gasteiger partial charge in [-0.15, -0.1) is 5.10 Å². The molecule has 0 saturated carbocycles. The van der Waals surface area contributed by atoms with E-state index in [0.717, 1.165) is 41.5 Å². The molecule has 3 rings (SSSR count). The number of rotatable bonds is 8. The van der Waals surface area contributed by atoms with E-state index in [2.05, 4.69) is 45.5 Å². The Balaban J connectivity index is 1.70. The highest BCUT2D eigenvalue weighted by molar-refractivity contribution is 6.04. The smallest absolute Gasteiger partial charge is 0.271 e. The molecule has 0 aliphatic heterocycles. The Kier molecular flexibility index (Phi) is 7.67. The number of unbranched alkanes of at least 4 members (excludes halogenated alkanes) is 1. The molecule has 9 nitrogen and oxygen atoms in total. The standard InChI is InChI=1S/C23H31N7O2/c1-4-5-12-30(3)19-9-7-18(8-10-19)25-22(31)21-14-17-13-16(6-11-20(17)26-21)15(2)27-28-23(24)29-32/h6-7,9,11,13-14,26,32H,4-5,8,10,12H2,1-3H3,(H,25,31)(H3,24,28,29)/b27-15-. The SMILES string of the molecule is CCCCN(C)C1=CC=C(NC(=O)c2cc3cc(/C(C)=N\N=C(N)NO)ccc3[nH]2)CC1. The molecule has 0 unspecified atom stereocenters. The van der Waals surface area contributed by atoms with Gasteiger partial charge in [0.15, 0.2) is 0 Å². The third-order valence-corrected chi connectivity index (χ3v) is 5.44. The van der Waals surface area contributed by atoms with Crippen molar-refractivity contribution in [1.29, 1.82) is 0 Å². The van der Waals surface area contributed by atoms with Crippen LogP contribution in [0.3, 0.4) is 0 Å². The van der Waals surface area contributed by atoms with Crippen LogP contribution < -0.4 is 16.5 Å². The van der Waals surface area contributed by atoms with Gasteiger partial charge in [0.1, 0.15) is 5.69 Å².